The fourth-order valence-corrected chi connectivity index (χ4v) is 1.18. The van der Waals surface area contributed by atoms with E-state index in [0.29, 0.717) is 5.92 Å². The third kappa shape index (κ3) is 4.36. The van der Waals surface area contributed by atoms with Crippen molar-refractivity contribution in [1.29, 1.82) is 0 Å². The Kier molecular flexibility index (Phi) is 5.21. The van der Waals surface area contributed by atoms with E-state index in [4.69, 9.17) is 4.74 Å². The smallest absolute Gasteiger partial charge is 0.131 e. The summed E-state index contributed by atoms with van der Waals surface area (Å²) < 4.78 is 4.95. The molecule has 4 nitrogen and oxygen atoms in total. The van der Waals surface area contributed by atoms with Crippen LogP contribution in [0.1, 0.15) is 31.3 Å². The molecule has 0 radical (unpaired) electrons. The van der Waals surface area contributed by atoms with Gasteiger partial charge in [0.05, 0.1) is 12.3 Å². The number of ether oxygens (including phenoxy) is 1. The van der Waals surface area contributed by atoms with Crippen LogP contribution in [-0.2, 0) is 11.3 Å². The molecule has 1 rings (SSSR count). The molecule has 1 aromatic rings. The number of nitrogens with one attached hydrogen (secondary N) is 1. The average molecular weight is 209 g/mol. The van der Waals surface area contributed by atoms with Crippen molar-refractivity contribution in [3.63, 3.8) is 0 Å². The van der Waals surface area contributed by atoms with Gasteiger partial charge in [0.25, 0.3) is 0 Å². The molecule has 1 N–H and O–H groups in total. The maximum Gasteiger partial charge on any atom is 0.131 e. The van der Waals surface area contributed by atoms with Gasteiger partial charge in [-0.3, -0.25) is 0 Å². The summed E-state index contributed by atoms with van der Waals surface area (Å²) in [6, 6.07) is 1.94. The van der Waals surface area contributed by atoms with Crippen molar-refractivity contribution in [1.82, 2.24) is 15.3 Å². The molecule has 0 saturated heterocycles. The van der Waals surface area contributed by atoms with E-state index in [9.17, 15) is 0 Å². The van der Waals surface area contributed by atoms with E-state index < -0.39 is 0 Å². The van der Waals surface area contributed by atoms with E-state index in [1.165, 1.54) is 0 Å². The van der Waals surface area contributed by atoms with Crippen molar-refractivity contribution in [2.75, 3.05) is 20.3 Å². The zero-order valence-electron chi connectivity index (χ0n) is 9.66. The summed E-state index contributed by atoms with van der Waals surface area (Å²) in [5, 5.41) is 3.25. The molecular formula is C11H19N3O. The first-order valence-corrected chi connectivity index (χ1v) is 5.25. The summed E-state index contributed by atoms with van der Waals surface area (Å²) in [5.74, 6) is 1.28. The maximum absolute atomic E-state index is 4.95. The number of aromatic nitrogens is 2. The third-order valence-corrected chi connectivity index (χ3v) is 2.04. The van der Waals surface area contributed by atoms with Gasteiger partial charge in [-0.1, -0.05) is 13.8 Å². The van der Waals surface area contributed by atoms with Gasteiger partial charge in [-0.2, -0.15) is 0 Å². The Bertz CT molecular complexity index is 289. The number of hydrogen-bond acceptors (Lipinski definition) is 4. The fraction of sp³-hybridized carbons (Fsp3) is 0.636. The minimum Gasteiger partial charge on any atom is -0.383 e. The SMILES string of the molecule is COCCNCc1ccnc(C(C)C)n1. The average Bonchev–Trinajstić information content (AvgIpc) is 2.25. The molecule has 0 aliphatic heterocycles. The Morgan fingerprint density at radius 1 is 1.47 bits per heavy atom. The van der Waals surface area contributed by atoms with Gasteiger partial charge < -0.3 is 10.1 Å². The molecule has 1 aromatic heterocycles. The molecule has 0 fully saturated rings. The molecule has 0 aliphatic rings. The largest absolute Gasteiger partial charge is 0.383 e. The van der Waals surface area contributed by atoms with Crippen molar-refractivity contribution in [2.24, 2.45) is 0 Å². The molecule has 1 heterocycles. The van der Waals surface area contributed by atoms with Crippen LogP contribution in [0, 0.1) is 0 Å². The van der Waals surface area contributed by atoms with Crippen molar-refractivity contribution < 1.29 is 4.74 Å². The lowest BCUT2D eigenvalue weighted by atomic mass is 10.2. The van der Waals surface area contributed by atoms with Gasteiger partial charge in [0.15, 0.2) is 0 Å². The first-order chi connectivity index (χ1) is 7.24. The minimum atomic E-state index is 0.379. The molecule has 0 aromatic carbocycles. The number of hydrogen-bond donors (Lipinski definition) is 1. The summed E-state index contributed by atoms with van der Waals surface area (Å²) in [6.45, 7) is 6.53. The molecule has 0 unspecified atom stereocenters. The molecule has 0 saturated carbocycles. The predicted octanol–water partition coefficient (Wildman–Crippen LogP) is 1.34. The molecular weight excluding hydrogens is 190 g/mol. The number of methoxy groups -OCH3 is 1. The van der Waals surface area contributed by atoms with Crippen LogP contribution in [0.4, 0.5) is 0 Å². The van der Waals surface area contributed by atoms with Crippen molar-refractivity contribution >= 4 is 0 Å². The standard InChI is InChI=1S/C11H19N3O/c1-9(2)11-13-5-4-10(14-11)8-12-6-7-15-3/h4-5,9,12H,6-8H2,1-3H3. The molecule has 4 heteroatoms. The molecule has 84 valence electrons. The lowest BCUT2D eigenvalue weighted by Crippen LogP contribution is -2.19. The first-order valence-electron chi connectivity index (χ1n) is 5.25. The van der Waals surface area contributed by atoms with E-state index in [1.807, 2.05) is 12.3 Å². The Balaban J connectivity index is 2.43. The summed E-state index contributed by atoms with van der Waals surface area (Å²) in [5.41, 5.74) is 1.03. The quantitative estimate of drug-likeness (QED) is 0.718. The van der Waals surface area contributed by atoms with Gasteiger partial charge in [0.1, 0.15) is 5.82 Å². The van der Waals surface area contributed by atoms with Gasteiger partial charge in [-0.05, 0) is 6.07 Å². The number of rotatable bonds is 6. The molecule has 15 heavy (non-hydrogen) atoms. The second-order valence-corrected chi connectivity index (χ2v) is 3.73. The normalized spacial score (nSPS) is 10.9. The summed E-state index contributed by atoms with van der Waals surface area (Å²) in [6.07, 6.45) is 1.82. The minimum absolute atomic E-state index is 0.379. The van der Waals surface area contributed by atoms with Gasteiger partial charge in [0, 0.05) is 32.3 Å². The highest BCUT2D eigenvalue weighted by Crippen LogP contribution is 2.07. The van der Waals surface area contributed by atoms with Crippen molar-refractivity contribution in [3.8, 4) is 0 Å². The Labute approximate surface area is 91.1 Å². The van der Waals surface area contributed by atoms with Crippen LogP contribution in [0.3, 0.4) is 0 Å². The summed E-state index contributed by atoms with van der Waals surface area (Å²) in [4.78, 5) is 8.68. The second kappa shape index (κ2) is 6.48. The van der Waals surface area contributed by atoms with Gasteiger partial charge >= 0.3 is 0 Å². The van der Waals surface area contributed by atoms with Crippen molar-refractivity contribution in [2.45, 2.75) is 26.3 Å². The Hall–Kier alpha value is -1.00. The van der Waals surface area contributed by atoms with Crippen LogP contribution in [0.2, 0.25) is 0 Å². The molecule has 0 amide bonds. The van der Waals surface area contributed by atoms with Crippen LogP contribution in [0.25, 0.3) is 0 Å². The fourth-order valence-electron chi connectivity index (χ4n) is 1.18. The zero-order chi connectivity index (χ0) is 11.1. The predicted molar refractivity (Wildman–Crippen MR) is 59.7 cm³/mol. The maximum atomic E-state index is 4.95. The Morgan fingerprint density at radius 3 is 2.93 bits per heavy atom. The van der Waals surface area contributed by atoms with E-state index in [2.05, 4.69) is 29.1 Å². The van der Waals surface area contributed by atoms with Crippen LogP contribution >= 0.6 is 0 Å². The zero-order valence-corrected chi connectivity index (χ0v) is 9.66. The summed E-state index contributed by atoms with van der Waals surface area (Å²) >= 11 is 0. The van der Waals surface area contributed by atoms with E-state index >= 15 is 0 Å². The van der Waals surface area contributed by atoms with Crippen LogP contribution in [-0.4, -0.2) is 30.2 Å². The highest BCUT2D eigenvalue weighted by molar-refractivity contribution is 5.04. The van der Waals surface area contributed by atoms with Gasteiger partial charge in [0.2, 0.25) is 0 Å². The lowest BCUT2D eigenvalue weighted by Gasteiger charge is -2.06. The highest BCUT2D eigenvalue weighted by atomic mass is 16.5. The van der Waals surface area contributed by atoms with Gasteiger partial charge in [-0.25, -0.2) is 9.97 Å². The summed E-state index contributed by atoms with van der Waals surface area (Å²) in [7, 11) is 1.70. The third-order valence-electron chi connectivity index (χ3n) is 2.04. The Morgan fingerprint density at radius 2 is 2.27 bits per heavy atom. The van der Waals surface area contributed by atoms with E-state index in [1.54, 1.807) is 7.11 Å². The first kappa shape index (κ1) is 12.1. The van der Waals surface area contributed by atoms with Crippen LogP contribution in [0.5, 0.6) is 0 Å². The lowest BCUT2D eigenvalue weighted by molar-refractivity contribution is 0.199. The van der Waals surface area contributed by atoms with E-state index in [0.717, 1.165) is 31.2 Å². The van der Waals surface area contributed by atoms with Gasteiger partial charge in [-0.15, -0.1) is 0 Å². The van der Waals surface area contributed by atoms with Crippen LogP contribution in [0.15, 0.2) is 12.3 Å². The molecule has 0 bridgehead atoms. The molecule has 0 aliphatic carbocycles. The second-order valence-electron chi connectivity index (χ2n) is 3.73. The molecule has 0 atom stereocenters. The monoisotopic (exact) mass is 209 g/mol. The molecule has 0 spiro atoms. The van der Waals surface area contributed by atoms with E-state index in [-0.39, 0.29) is 0 Å². The number of nitrogens with zero attached hydrogens (tertiary/aromatic N) is 2. The highest BCUT2D eigenvalue weighted by Gasteiger charge is 2.02. The van der Waals surface area contributed by atoms with Crippen LogP contribution < -0.4 is 5.32 Å². The topological polar surface area (TPSA) is 47.0 Å². The van der Waals surface area contributed by atoms with Crippen molar-refractivity contribution in [3.05, 3.63) is 23.8 Å².